The highest BCUT2D eigenvalue weighted by Crippen LogP contribution is 2.64. The van der Waals surface area contributed by atoms with Crippen molar-refractivity contribution in [1.29, 1.82) is 0 Å². The van der Waals surface area contributed by atoms with E-state index in [-0.39, 0.29) is 61.0 Å². The Morgan fingerprint density at radius 2 is 0.835 bits per heavy atom. The molecule has 4 heteroatoms. The second-order valence-electron chi connectivity index (χ2n) is 36.2. The first-order chi connectivity index (χ1) is 42.5. The van der Waals surface area contributed by atoms with Gasteiger partial charge in [0.1, 0.15) is 0 Å². The van der Waals surface area contributed by atoms with Crippen LogP contribution in [-0.4, -0.2) is 12.3 Å². The zero-order chi connectivity index (χ0) is 64.5. The third-order valence-corrected chi connectivity index (χ3v) is 25.2. The van der Waals surface area contributed by atoms with Crippen molar-refractivity contribution in [3.63, 3.8) is 0 Å². The molecule has 0 N–H and O–H groups in total. The molecule has 91 heavy (non-hydrogen) atoms. The lowest BCUT2D eigenvalue weighted by molar-refractivity contribution is 0.195. The molecule has 3 aliphatic heterocycles. The Labute approximate surface area is 548 Å². The minimum atomic E-state index is -0.215. The van der Waals surface area contributed by atoms with Crippen LogP contribution in [0.4, 0.5) is 45.5 Å². The number of hydrogen-bond acceptors (Lipinski definition) is 3. The lowest BCUT2D eigenvalue weighted by Gasteiger charge is -2.51. The quantitative estimate of drug-likeness (QED) is 0.159. The highest BCUT2D eigenvalue weighted by Gasteiger charge is 2.59. The Kier molecular flexibility index (Phi) is 12.9. The van der Waals surface area contributed by atoms with Gasteiger partial charge in [-0.3, -0.25) is 0 Å². The molecule has 0 radical (unpaired) electrons. The predicted molar refractivity (Wildman–Crippen MR) is 393 cm³/mol. The molecule has 0 aromatic heterocycles. The molecule has 3 nitrogen and oxygen atoms in total. The number of rotatable bonds is 5. The SMILES string of the molecule is CC(C)(C)c1ccc(-c2ccc3c(c2)C2(C)CCCCC2(C)N3c2cc3c4c(c2)N(c2ccc(C(C)(C)C)cc2-c2ccccc2)c2cc5c(cc2B4c2cc4c(cc2N3c2ccc3c(c2)C(C)(C)CCC3(C)C)C(C)(C)CCC4(C)C)C(C)(C)CC5(C)C)cc1. The van der Waals surface area contributed by atoms with Crippen molar-refractivity contribution in [2.24, 2.45) is 0 Å². The van der Waals surface area contributed by atoms with Gasteiger partial charge in [-0.05, 0) is 239 Å². The van der Waals surface area contributed by atoms with Crippen molar-refractivity contribution in [1.82, 2.24) is 0 Å². The average molecular weight is 1200 g/mol. The van der Waals surface area contributed by atoms with Gasteiger partial charge in [-0.2, -0.15) is 0 Å². The molecule has 0 saturated heterocycles. The molecular weight excluding hydrogens is 1100 g/mol. The fourth-order valence-corrected chi connectivity index (χ4v) is 19.4. The summed E-state index contributed by atoms with van der Waals surface area (Å²) in [5, 5.41) is 0. The Bertz CT molecular complexity index is 4340. The van der Waals surface area contributed by atoms with Crippen LogP contribution < -0.4 is 31.1 Å². The van der Waals surface area contributed by atoms with Crippen LogP contribution in [0.5, 0.6) is 0 Å². The zero-order valence-electron chi connectivity index (χ0n) is 59.1. The summed E-state index contributed by atoms with van der Waals surface area (Å²) in [6.45, 7) is 49.5. The van der Waals surface area contributed by atoms with Crippen molar-refractivity contribution in [3.05, 3.63) is 196 Å². The fourth-order valence-electron chi connectivity index (χ4n) is 19.4. The second kappa shape index (κ2) is 19.4. The summed E-state index contributed by atoms with van der Waals surface area (Å²) in [7, 11) is 0. The van der Waals surface area contributed by atoms with Gasteiger partial charge >= 0.3 is 0 Å². The Morgan fingerprint density at radius 3 is 1.44 bits per heavy atom. The first-order valence-electron chi connectivity index (χ1n) is 35.1. The Hall–Kier alpha value is -6.78. The van der Waals surface area contributed by atoms with E-state index in [4.69, 9.17) is 0 Å². The molecule has 2 atom stereocenters. The van der Waals surface area contributed by atoms with Crippen molar-refractivity contribution in [2.45, 2.75) is 251 Å². The topological polar surface area (TPSA) is 9.72 Å². The molecule has 7 aliphatic rings. The molecule has 1 fully saturated rings. The molecule has 0 bridgehead atoms. The lowest BCUT2D eigenvalue weighted by atomic mass is 9.33. The summed E-state index contributed by atoms with van der Waals surface area (Å²) in [6, 6.07) is 60.1. The van der Waals surface area contributed by atoms with Crippen LogP contribution in [0.15, 0.2) is 146 Å². The van der Waals surface area contributed by atoms with Gasteiger partial charge in [-0.25, -0.2) is 0 Å². The molecular formula is C87H102BN3. The van der Waals surface area contributed by atoms with Crippen molar-refractivity contribution in [2.75, 3.05) is 14.7 Å². The highest BCUT2D eigenvalue weighted by atomic mass is 15.3. The molecule has 468 valence electrons. The standard InChI is InChI=1S/C87H102BN3/c1-78(2,3)57-31-28-54(29-32-57)56-30-36-72-68(44-56)86(19)38-24-25-39-87(86,20)91(72)60-47-75-77-76(48-60)90(71-37-33-58(79(4,5)6)45-61(71)55-26-22-21-23-27-55)74-52-67-65(84(15,16)53-85(67,17)18)50-70(74)88(77)69-49-64-66(83(13,14)43-42-82(64,11)12)51-73(69)89(75)59-34-35-62-63(46-59)81(9,10)41-40-80(62,7)8/h21-23,26-37,44-52H,24-25,38-43,53H2,1-20H3. The van der Waals surface area contributed by atoms with Crippen molar-refractivity contribution < 1.29 is 0 Å². The molecule has 8 aromatic rings. The minimum Gasteiger partial charge on any atom is -0.334 e. The third kappa shape index (κ3) is 8.91. The van der Waals surface area contributed by atoms with E-state index in [1.807, 2.05) is 0 Å². The number of fused-ring (bicyclic) bond motifs is 10. The van der Waals surface area contributed by atoms with Crippen LogP contribution in [0.25, 0.3) is 22.3 Å². The van der Waals surface area contributed by atoms with E-state index >= 15 is 0 Å². The summed E-state index contributed by atoms with van der Waals surface area (Å²) in [5.41, 5.74) is 32.8. The number of hydrogen-bond donors (Lipinski definition) is 0. The van der Waals surface area contributed by atoms with Crippen LogP contribution in [0.2, 0.25) is 0 Å². The van der Waals surface area contributed by atoms with Gasteiger partial charge in [-0.1, -0.05) is 229 Å². The Morgan fingerprint density at radius 1 is 0.341 bits per heavy atom. The van der Waals surface area contributed by atoms with Crippen LogP contribution in [-0.2, 0) is 48.7 Å². The number of benzene rings is 8. The van der Waals surface area contributed by atoms with Gasteiger partial charge in [0, 0.05) is 50.8 Å². The first kappa shape index (κ1) is 60.5. The summed E-state index contributed by atoms with van der Waals surface area (Å²) in [6.07, 6.45) is 10.4. The van der Waals surface area contributed by atoms with E-state index in [9.17, 15) is 0 Å². The lowest BCUT2D eigenvalue weighted by Crippen LogP contribution is -2.62. The molecule has 0 spiro atoms. The molecule has 8 aromatic carbocycles. The maximum atomic E-state index is 2.90. The largest absolute Gasteiger partial charge is 0.334 e. The average Bonchev–Trinajstić information content (AvgIpc) is 1.68. The summed E-state index contributed by atoms with van der Waals surface area (Å²) < 4.78 is 0. The number of nitrogens with zero attached hydrogens (tertiary/aromatic N) is 3. The second-order valence-corrected chi connectivity index (χ2v) is 36.2. The minimum absolute atomic E-state index is 0.00175. The van der Waals surface area contributed by atoms with Crippen LogP contribution in [0.1, 0.15) is 246 Å². The van der Waals surface area contributed by atoms with Crippen molar-refractivity contribution in [3.8, 4) is 22.3 Å². The fraction of sp³-hybridized carbons (Fsp3) is 0.448. The van der Waals surface area contributed by atoms with E-state index < -0.39 is 0 Å². The van der Waals surface area contributed by atoms with Gasteiger partial charge in [0.05, 0.1) is 11.2 Å². The van der Waals surface area contributed by atoms with E-state index in [1.165, 1.54) is 153 Å². The van der Waals surface area contributed by atoms with Gasteiger partial charge in [-0.15, -0.1) is 0 Å². The normalized spacial score (nSPS) is 23.1. The molecule has 15 rings (SSSR count). The van der Waals surface area contributed by atoms with Gasteiger partial charge in [0.25, 0.3) is 6.71 Å². The van der Waals surface area contributed by atoms with E-state index in [0.29, 0.717) is 0 Å². The summed E-state index contributed by atoms with van der Waals surface area (Å²) >= 11 is 0. The molecule has 0 amide bonds. The maximum absolute atomic E-state index is 2.90. The van der Waals surface area contributed by atoms with Crippen LogP contribution in [0.3, 0.4) is 0 Å². The van der Waals surface area contributed by atoms with Gasteiger partial charge in [0.2, 0.25) is 0 Å². The van der Waals surface area contributed by atoms with Crippen LogP contribution >= 0.6 is 0 Å². The molecule has 1 saturated carbocycles. The Balaban J connectivity index is 1.10. The summed E-state index contributed by atoms with van der Waals surface area (Å²) in [5.74, 6) is 0. The van der Waals surface area contributed by atoms with Gasteiger partial charge < -0.3 is 14.7 Å². The monoisotopic (exact) mass is 1200 g/mol. The first-order valence-corrected chi connectivity index (χ1v) is 35.1. The maximum Gasteiger partial charge on any atom is 0.252 e. The summed E-state index contributed by atoms with van der Waals surface area (Å²) in [4.78, 5) is 8.52. The molecule has 4 aliphatic carbocycles. The smallest absolute Gasteiger partial charge is 0.252 e. The number of anilines is 8. The van der Waals surface area contributed by atoms with Gasteiger partial charge in [0.15, 0.2) is 0 Å². The van der Waals surface area contributed by atoms with Crippen LogP contribution in [0, 0.1) is 0 Å². The van der Waals surface area contributed by atoms with E-state index in [0.717, 1.165) is 38.5 Å². The zero-order valence-corrected chi connectivity index (χ0v) is 59.1. The molecule has 3 heterocycles. The predicted octanol–water partition coefficient (Wildman–Crippen LogP) is 22.1. The molecule has 2 unspecified atom stereocenters. The van der Waals surface area contributed by atoms with Crippen molar-refractivity contribution >= 4 is 68.6 Å². The van der Waals surface area contributed by atoms with E-state index in [1.54, 1.807) is 0 Å². The highest BCUT2D eigenvalue weighted by molar-refractivity contribution is 7.00. The third-order valence-electron chi connectivity index (χ3n) is 25.2. The van der Waals surface area contributed by atoms with E-state index in [2.05, 4.69) is 299 Å².